The predicted octanol–water partition coefficient (Wildman–Crippen LogP) is 1.81. The molecule has 0 heterocycles. The van der Waals surface area contributed by atoms with Gasteiger partial charge in [-0.2, -0.15) is 12.8 Å². The van der Waals surface area contributed by atoms with Crippen LogP contribution in [0.2, 0.25) is 0 Å². The third kappa shape index (κ3) is 13.9. The number of rotatable bonds is 12. The second-order valence-electron chi connectivity index (χ2n) is 5.10. The van der Waals surface area contributed by atoms with E-state index in [0.29, 0.717) is 13.0 Å². The van der Waals surface area contributed by atoms with Crippen LogP contribution in [-0.4, -0.2) is 36.0 Å². The molecule has 0 saturated carbocycles. The molecule has 0 saturated heterocycles. The van der Waals surface area contributed by atoms with Crippen molar-refractivity contribution in [2.24, 2.45) is 0 Å². The van der Waals surface area contributed by atoms with Crippen LogP contribution >= 0.6 is 0 Å². The fourth-order valence-electron chi connectivity index (χ4n) is 1.71. The first-order valence-corrected chi connectivity index (χ1v) is 7.75. The molecule has 3 N–H and O–H groups in total. The van der Waals surface area contributed by atoms with Gasteiger partial charge in [0, 0.05) is 31.2 Å². The van der Waals surface area contributed by atoms with E-state index in [0.717, 1.165) is 38.2 Å². The Balaban J connectivity index is 0. The largest absolute Gasteiger partial charge is 0.478 e. The molecule has 0 aromatic rings. The van der Waals surface area contributed by atoms with Crippen molar-refractivity contribution in [2.45, 2.75) is 52.4 Å². The molecule has 0 atom stereocenters. The van der Waals surface area contributed by atoms with Crippen molar-refractivity contribution in [1.29, 1.82) is 0 Å². The van der Waals surface area contributed by atoms with E-state index in [1.807, 2.05) is 0 Å². The van der Waals surface area contributed by atoms with Crippen LogP contribution in [-0.2, 0) is 14.4 Å². The van der Waals surface area contributed by atoms with Crippen molar-refractivity contribution in [3.8, 4) is 0 Å². The van der Waals surface area contributed by atoms with Gasteiger partial charge in [-0.25, -0.2) is 4.79 Å². The molecule has 0 aliphatic heterocycles. The first-order valence-electron chi connectivity index (χ1n) is 7.75. The smallest absolute Gasteiger partial charge is 0.331 e. The quantitative estimate of drug-likeness (QED) is 0.187. The zero-order chi connectivity index (χ0) is 16.8. The van der Waals surface area contributed by atoms with Crippen molar-refractivity contribution >= 4 is 17.8 Å². The Hall–Kier alpha value is -2.85. The first-order chi connectivity index (χ1) is 10.5. The molecular formula is C16H27HsN2O4-. The summed E-state index contributed by atoms with van der Waals surface area (Å²) in [6, 6.07) is 0. The zero-order valence-electron chi connectivity index (χ0n) is 14.2. The van der Waals surface area contributed by atoms with Crippen LogP contribution in [0, 0.1) is 6.42 Å². The van der Waals surface area contributed by atoms with Gasteiger partial charge < -0.3 is 22.2 Å². The Morgan fingerprint density at radius 3 is 2.35 bits per heavy atom. The molecule has 0 aromatic heterocycles. The standard InChI is InChI=1S/C16H27N2O4.Hs/c1-3-4-5-6-7-8-9-14(19)17-10-11-18-15(20)12-13(2)16(21)22;/h5,12H,3-4,6-11H2,1-2H3,(H,17,19)(H,18,20)(H,21,22);/q-1;/b13-12+;. The van der Waals surface area contributed by atoms with Crippen LogP contribution in [0.1, 0.15) is 52.4 Å². The van der Waals surface area contributed by atoms with Gasteiger partial charge in [-0.3, -0.25) is 9.59 Å². The first kappa shape index (κ1) is 22.4. The molecule has 0 aliphatic carbocycles. The number of amides is 2. The van der Waals surface area contributed by atoms with Gasteiger partial charge in [-0.05, 0) is 13.3 Å². The fraction of sp³-hybridized carbons (Fsp3) is 0.625. The van der Waals surface area contributed by atoms with E-state index in [4.69, 9.17) is 5.11 Å². The van der Waals surface area contributed by atoms with Gasteiger partial charge in [-0.1, -0.05) is 19.8 Å². The van der Waals surface area contributed by atoms with Crippen molar-refractivity contribution in [1.82, 2.24) is 10.6 Å². The number of carboxylic acids is 1. The van der Waals surface area contributed by atoms with Gasteiger partial charge in [0.15, 0.2) is 0 Å². The average Bonchev–Trinajstić information content (AvgIpc) is 2.47. The Morgan fingerprint density at radius 2 is 1.74 bits per heavy atom. The van der Waals surface area contributed by atoms with Crippen LogP contribution in [0.15, 0.2) is 11.6 Å². The van der Waals surface area contributed by atoms with Crippen LogP contribution in [0.5, 0.6) is 0 Å². The van der Waals surface area contributed by atoms with Crippen molar-refractivity contribution in [2.75, 3.05) is 13.1 Å². The number of unbranched alkanes of at least 4 members (excludes halogenated alkanes) is 5. The molecule has 6 nitrogen and oxygen atoms in total. The molecule has 0 rings (SSSR count). The molecular weight excluding hydrogens is 553 g/mol. The number of hydrogen-bond acceptors (Lipinski definition) is 3. The number of aliphatic carboxylic acids is 1. The van der Waals surface area contributed by atoms with Gasteiger partial charge in [-0.15, -0.1) is 0 Å². The number of nitrogens with one attached hydrogen (secondary N) is 2. The summed E-state index contributed by atoms with van der Waals surface area (Å²) in [5, 5.41) is 13.8. The van der Waals surface area contributed by atoms with Crippen LogP contribution in [0.25, 0.3) is 0 Å². The van der Waals surface area contributed by atoms with Gasteiger partial charge in [0.05, 0.1) is 0 Å². The zero-order valence-corrected chi connectivity index (χ0v) is 20.7. The van der Waals surface area contributed by atoms with Crippen LogP contribution in [0.4, 0.5) is 0 Å². The molecule has 0 spiro atoms. The third-order valence-electron chi connectivity index (χ3n) is 2.99. The number of carbonyl (C=O) groups excluding carboxylic acids is 2. The maximum absolute atomic E-state index is 11.5. The summed E-state index contributed by atoms with van der Waals surface area (Å²) in [6.07, 6.45) is 8.98. The molecule has 7 heteroatoms. The maximum atomic E-state index is 11.5. The van der Waals surface area contributed by atoms with Crippen molar-refractivity contribution in [3.05, 3.63) is 18.1 Å². The fourth-order valence-corrected chi connectivity index (χ4v) is 1.71. The summed E-state index contributed by atoms with van der Waals surface area (Å²) in [5.74, 6) is -1.62. The van der Waals surface area contributed by atoms with Gasteiger partial charge in [0.25, 0.3) is 0 Å². The third-order valence-corrected chi connectivity index (χ3v) is 2.99. The van der Waals surface area contributed by atoms with Crippen LogP contribution in [0.3, 0.4) is 0 Å². The molecule has 2 amide bonds. The SMILES string of the molecule is CCC[CH-]CCCCC(=O)NCCNC(=O)/C=C(\C)C(=O)O.[Hs]. The van der Waals surface area contributed by atoms with Gasteiger partial charge in [0.1, 0.15) is 0 Å². The Bertz CT molecular complexity index is 398. The van der Waals surface area contributed by atoms with E-state index in [2.05, 4.69) is 24.0 Å². The van der Waals surface area contributed by atoms with Crippen molar-refractivity contribution in [3.63, 3.8) is 0 Å². The molecule has 0 unspecified atom stereocenters. The Kier molecular flexibility index (Phi) is 13.8. The second kappa shape index (κ2) is 14.1. The molecule has 0 fully saturated rings. The van der Waals surface area contributed by atoms with E-state index >= 15 is 0 Å². The van der Waals surface area contributed by atoms with E-state index < -0.39 is 11.9 Å². The molecule has 0 radical (unpaired) electrons. The summed E-state index contributed by atoms with van der Waals surface area (Å²) in [5.41, 5.74) is -0.0265. The average molecular weight is 580 g/mol. The summed E-state index contributed by atoms with van der Waals surface area (Å²) in [6.45, 7) is 4.11. The minimum Gasteiger partial charge on any atom is -0.478 e. The molecule has 23 heavy (non-hydrogen) atoms. The molecule has 0 bridgehead atoms. The summed E-state index contributed by atoms with van der Waals surface area (Å²) >= 11 is 0. The monoisotopic (exact) mass is 580 g/mol. The summed E-state index contributed by atoms with van der Waals surface area (Å²) < 4.78 is 0. The summed E-state index contributed by atoms with van der Waals surface area (Å²) in [4.78, 5) is 33.4. The summed E-state index contributed by atoms with van der Waals surface area (Å²) in [7, 11) is 0. The maximum Gasteiger partial charge on any atom is 0.331 e. The topological polar surface area (TPSA) is 95.5 Å². The van der Waals surface area contributed by atoms with E-state index in [-0.39, 0.29) is 18.0 Å². The minimum atomic E-state index is -1.13. The predicted molar refractivity (Wildman–Crippen MR) is 85.1 cm³/mol. The van der Waals surface area contributed by atoms with E-state index in [9.17, 15) is 14.4 Å². The van der Waals surface area contributed by atoms with E-state index in [1.54, 1.807) is 0 Å². The number of carbonyl (C=O) groups is 3. The Labute approximate surface area is 132 Å². The number of hydrogen-bond donors (Lipinski definition) is 3. The Morgan fingerprint density at radius 1 is 1.09 bits per heavy atom. The molecule has 0 aliphatic rings. The second-order valence-corrected chi connectivity index (χ2v) is 5.10. The van der Waals surface area contributed by atoms with Gasteiger partial charge >= 0.3 is 5.97 Å². The molecule has 0 aromatic carbocycles. The normalized spacial score (nSPS) is 10.6. The van der Waals surface area contributed by atoms with E-state index in [1.165, 1.54) is 6.92 Å². The van der Waals surface area contributed by atoms with Crippen LogP contribution < -0.4 is 10.6 Å². The minimum absolute atomic E-state index is 0. The number of carboxylic acid groups (broad SMARTS) is 1. The van der Waals surface area contributed by atoms with Gasteiger partial charge in [0.2, 0.25) is 11.8 Å². The molecule has 128 valence electrons. The van der Waals surface area contributed by atoms with Crippen molar-refractivity contribution < 1.29 is 19.5 Å².